The van der Waals surface area contributed by atoms with Gasteiger partial charge in [-0.2, -0.15) is 0 Å². The first kappa shape index (κ1) is 9.83. The van der Waals surface area contributed by atoms with Gasteiger partial charge in [-0.3, -0.25) is 4.67 Å². The third-order valence-electron chi connectivity index (χ3n) is 1.86. The smallest absolute Gasteiger partial charge is 0.0100 e. The summed E-state index contributed by atoms with van der Waals surface area (Å²) in [5, 5.41) is 0. The normalized spacial score (nSPS) is 21.5. The van der Waals surface area contributed by atoms with Crippen molar-refractivity contribution in [3.8, 4) is 0 Å². The van der Waals surface area contributed by atoms with Crippen LogP contribution < -0.4 is 0 Å². The summed E-state index contributed by atoms with van der Waals surface area (Å²) in [5.41, 5.74) is 0. The van der Waals surface area contributed by atoms with Crippen LogP contribution in [0, 0.1) is 0 Å². The van der Waals surface area contributed by atoms with Crippen molar-refractivity contribution in [2.75, 3.05) is 18.8 Å². The molecule has 0 aliphatic carbocycles. The van der Waals surface area contributed by atoms with Gasteiger partial charge in [0.1, 0.15) is 0 Å². The van der Waals surface area contributed by atoms with Crippen molar-refractivity contribution >= 4 is 19.3 Å². The van der Waals surface area contributed by atoms with E-state index >= 15 is 0 Å². The molecule has 66 valence electrons. The van der Waals surface area contributed by atoms with Gasteiger partial charge < -0.3 is 0 Å². The summed E-state index contributed by atoms with van der Waals surface area (Å²) in [6.07, 6.45) is 5.64. The molecule has 11 heavy (non-hydrogen) atoms. The van der Waals surface area contributed by atoms with Crippen LogP contribution in [0.2, 0.25) is 0 Å². The molecule has 1 nitrogen and oxygen atoms in total. The summed E-state index contributed by atoms with van der Waals surface area (Å²) in [5.74, 6) is 1.34. The molecule has 0 bridgehead atoms. The molecule has 0 radical (unpaired) electrons. The predicted molar refractivity (Wildman–Crippen MR) is 56.5 cm³/mol. The van der Waals surface area contributed by atoms with E-state index in [0.29, 0.717) is 0 Å². The topological polar surface area (TPSA) is 3.24 Å². The Balaban J connectivity index is 1.96. The summed E-state index contributed by atoms with van der Waals surface area (Å²) in [4.78, 5) is 0. The molecule has 1 rings (SSSR count). The van der Waals surface area contributed by atoms with Crippen molar-refractivity contribution in [2.24, 2.45) is 0 Å². The maximum Gasteiger partial charge on any atom is 0.0100 e. The first-order chi connectivity index (χ1) is 5.43. The fraction of sp³-hybridized carbons (Fsp3) is 1.00. The van der Waals surface area contributed by atoms with E-state index in [1.165, 1.54) is 44.5 Å². The lowest BCUT2D eigenvalue weighted by atomic mass is 10.2. The minimum Gasteiger partial charge on any atom is -0.276 e. The van der Waals surface area contributed by atoms with Gasteiger partial charge in [0.2, 0.25) is 0 Å². The molecule has 0 aromatic rings. The molecule has 0 N–H and O–H groups in total. The fourth-order valence-electron chi connectivity index (χ4n) is 1.22. The van der Waals surface area contributed by atoms with Crippen LogP contribution in [0.4, 0.5) is 0 Å². The van der Waals surface area contributed by atoms with E-state index in [9.17, 15) is 0 Å². The van der Waals surface area contributed by atoms with Crippen molar-refractivity contribution in [3.63, 3.8) is 0 Å². The molecule has 0 aromatic carbocycles. The zero-order valence-electron chi connectivity index (χ0n) is 7.31. The molecule has 0 saturated carbocycles. The molecule has 3 heteroatoms. The van der Waals surface area contributed by atoms with E-state index in [4.69, 9.17) is 0 Å². The summed E-state index contributed by atoms with van der Waals surface area (Å²) in [6, 6.07) is 0. The predicted octanol–water partition coefficient (Wildman–Crippen LogP) is 3.12. The monoisotopic (exact) mass is 191 g/mol. The van der Waals surface area contributed by atoms with Gasteiger partial charge in [0.25, 0.3) is 0 Å². The molecule has 0 aromatic heterocycles. The van der Waals surface area contributed by atoms with E-state index in [0.717, 1.165) is 7.93 Å². The fourth-order valence-corrected chi connectivity index (χ4v) is 4.18. The van der Waals surface area contributed by atoms with Gasteiger partial charge in [0.15, 0.2) is 0 Å². The van der Waals surface area contributed by atoms with E-state index < -0.39 is 0 Å². The quantitative estimate of drug-likeness (QED) is 0.496. The molecule has 1 heterocycles. The second-order valence-corrected chi connectivity index (χ2v) is 5.91. The van der Waals surface area contributed by atoms with Crippen molar-refractivity contribution in [2.45, 2.75) is 32.6 Å². The average molecular weight is 191 g/mol. The molecular formula is C8H18NPS. The van der Waals surface area contributed by atoms with Crippen molar-refractivity contribution in [1.82, 2.24) is 4.67 Å². The highest BCUT2D eigenvalue weighted by Gasteiger charge is 2.08. The molecule has 1 unspecified atom stereocenters. The van der Waals surface area contributed by atoms with Gasteiger partial charge in [-0.05, 0) is 25.0 Å². The third-order valence-corrected chi connectivity index (χ3v) is 5.08. The Morgan fingerprint density at radius 2 is 2.00 bits per heavy atom. The van der Waals surface area contributed by atoms with Crippen LogP contribution in [0.15, 0.2) is 0 Å². The van der Waals surface area contributed by atoms with Gasteiger partial charge in [0, 0.05) is 21.0 Å². The van der Waals surface area contributed by atoms with Gasteiger partial charge in [0.05, 0.1) is 0 Å². The number of nitrogens with zero attached hydrogens (tertiary/aromatic N) is 1. The SMILES string of the molecule is CCCSPN1CCCCC1. The summed E-state index contributed by atoms with van der Waals surface area (Å²) in [6.45, 7) is 4.97. The maximum absolute atomic E-state index is 2.61. The van der Waals surface area contributed by atoms with E-state index in [1.54, 1.807) is 0 Å². The van der Waals surface area contributed by atoms with Gasteiger partial charge in [-0.25, -0.2) is 0 Å². The van der Waals surface area contributed by atoms with Crippen molar-refractivity contribution in [1.29, 1.82) is 0 Å². The van der Waals surface area contributed by atoms with Crippen LogP contribution in [-0.4, -0.2) is 23.5 Å². The Kier molecular flexibility index (Phi) is 5.61. The van der Waals surface area contributed by atoms with Crippen LogP contribution in [0.1, 0.15) is 32.6 Å². The minimum atomic E-state index is 1.04. The number of piperidine rings is 1. The molecule has 0 spiro atoms. The molecule has 1 fully saturated rings. The van der Waals surface area contributed by atoms with Crippen LogP contribution >= 0.6 is 19.3 Å². The maximum atomic E-state index is 2.61. The summed E-state index contributed by atoms with van der Waals surface area (Å²) in [7, 11) is 1.04. The highest BCUT2D eigenvalue weighted by molar-refractivity contribution is 8.48. The summed E-state index contributed by atoms with van der Waals surface area (Å²) >= 11 is 2.11. The van der Waals surface area contributed by atoms with E-state index in [1.807, 2.05) is 0 Å². The second kappa shape index (κ2) is 6.28. The molecular weight excluding hydrogens is 173 g/mol. The largest absolute Gasteiger partial charge is 0.276 e. The van der Waals surface area contributed by atoms with Crippen LogP contribution in [-0.2, 0) is 0 Å². The van der Waals surface area contributed by atoms with Gasteiger partial charge in [-0.1, -0.05) is 13.3 Å². The Morgan fingerprint density at radius 3 is 2.64 bits per heavy atom. The Labute approximate surface area is 75.9 Å². The summed E-state index contributed by atoms with van der Waals surface area (Å²) < 4.78 is 2.61. The minimum absolute atomic E-state index is 1.04. The standard InChI is InChI=1S/C8H18NPS/c1-2-8-11-10-9-6-4-3-5-7-9/h10H,2-8H2,1H3. The molecule has 1 aliphatic heterocycles. The Bertz CT molecular complexity index is 94.1. The van der Waals surface area contributed by atoms with Crippen molar-refractivity contribution in [3.05, 3.63) is 0 Å². The highest BCUT2D eigenvalue weighted by Crippen LogP contribution is 2.35. The molecule has 1 aliphatic rings. The number of hydrogen-bond donors (Lipinski definition) is 0. The zero-order chi connectivity index (χ0) is 7.94. The lowest BCUT2D eigenvalue weighted by Crippen LogP contribution is -2.20. The van der Waals surface area contributed by atoms with Crippen LogP contribution in [0.3, 0.4) is 0 Å². The zero-order valence-corrected chi connectivity index (χ0v) is 9.12. The first-order valence-electron chi connectivity index (χ1n) is 4.56. The number of hydrogen-bond acceptors (Lipinski definition) is 2. The van der Waals surface area contributed by atoms with E-state index in [-0.39, 0.29) is 0 Å². The Hall–Kier alpha value is 0.740. The van der Waals surface area contributed by atoms with Crippen LogP contribution in [0.5, 0.6) is 0 Å². The molecule has 1 saturated heterocycles. The lowest BCUT2D eigenvalue weighted by Gasteiger charge is -2.25. The molecule has 1 atom stereocenters. The average Bonchev–Trinajstić information content (AvgIpc) is 2.07. The first-order valence-corrected chi connectivity index (χ1v) is 7.21. The van der Waals surface area contributed by atoms with Gasteiger partial charge >= 0.3 is 0 Å². The third kappa shape index (κ3) is 4.35. The highest BCUT2D eigenvalue weighted by atomic mass is 32.7. The lowest BCUT2D eigenvalue weighted by molar-refractivity contribution is 0.378. The second-order valence-electron chi connectivity index (χ2n) is 2.99. The van der Waals surface area contributed by atoms with Gasteiger partial charge in [-0.15, -0.1) is 11.4 Å². The van der Waals surface area contributed by atoms with E-state index in [2.05, 4.69) is 23.0 Å². The van der Waals surface area contributed by atoms with Crippen molar-refractivity contribution < 1.29 is 0 Å². The van der Waals surface area contributed by atoms with Crippen LogP contribution in [0.25, 0.3) is 0 Å². The molecule has 0 amide bonds. The number of rotatable bonds is 4. The Morgan fingerprint density at radius 1 is 1.27 bits per heavy atom.